The van der Waals surface area contributed by atoms with Crippen LogP contribution in [0, 0.1) is 0 Å². The maximum absolute atomic E-state index is 12.3. The van der Waals surface area contributed by atoms with Crippen molar-refractivity contribution in [1.82, 2.24) is 9.80 Å². The SMILES string of the molecule is COc1ccc(CC(=O)OCC(=O)N2CCN(C(=O)Nc3ccccc3)CC2)cc1. The molecule has 8 nitrogen and oxygen atoms in total. The van der Waals surface area contributed by atoms with Crippen LogP contribution in [0.2, 0.25) is 0 Å². The lowest BCUT2D eigenvalue weighted by Gasteiger charge is -2.34. The second-order valence-corrected chi connectivity index (χ2v) is 6.85. The van der Waals surface area contributed by atoms with E-state index in [2.05, 4.69) is 5.32 Å². The lowest BCUT2D eigenvalue weighted by atomic mass is 10.1. The molecule has 158 valence electrons. The number of rotatable bonds is 6. The van der Waals surface area contributed by atoms with Crippen molar-refractivity contribution in [2.45, 2.75) is 6.42 Å². The van der Waals surface area contributed by atoms with E-state index in [1.54, 1.807) is 41.2 Å². The first-order chi connectivity index (χ1) is 14.5. The molecule has 0 saturated carbocycles. The van der Waals surface area contributed by atoms with Crippen molar-refractivity contribution in [2.24, 2.45) is 0 Å². The van der Waals surface area contributed by atoms with Gasteiger partial charge in [0.2, 0.25) is 0 Å². The van der Waals surface area contributed by atoms with Gasteiger partial charge in [-0.25, -0.2) is 4.79 Å². The molecule has 1 heterocycles. The fourth-order valence-electron chi connectivity index (χ4n) is 3.08. The maximum Gasteiger partial charge on any atom is 0.321 e. The van der Waals surface area contributed by atoms with Crippen LogP contribution in [-0.2, 0) is 20.7 Å². The molecule has 0 radical (unpaired) electrons. The lowest BCUT2D eigenvalue weighted by Crippen LogP contribution is -2.52. The first-order valence-electron chi connectivity index (χ1n) is 9.72. The van der Waals surface area contributed by atoms with Gasteiger partial charge in [0.25, 0.3) is 5.91 Å². The number of anilines is 1. The van der Waals surface area contributed by atoms with Gasteiger partial charge < -0.3 is 24.6 Å². The highest BCUT2D eigenvalue weighted by molar-refractivity contribution is 5.89. The highest BCUT2D eigenvalue weighted by Crippen LogP contribution is 2.12. The summed E-state index contributed by atoms with van der Waals surface area (Å²) in [5, 5.41) is 2.83. The van der Waals surface area contributed by atoms with Gasteiger partial charge in [0.1, 0.15) is 5.75 Å². The number of benzene rings is 2. The van der Waals surface area contributed by atoms with Gasteiger partial charge in [-0.2, -0.15) is 0 Å². The van der Waals surface area contributed by atoms with Gasteiger partial charge >= 0.3 is 12.0 Å². The third kappa shape index (κ3) is 5.97. The highest BCUT2D eigenvalue weighted by Gasteiger charge is 2.24. The molecular weight excluding hydrogens is 386 g/mol. The Bertz CT molecular complexity index is 862. The number of urea groups is 1. The monoisotopic (exact) mass is 411 g/mol. The number of hydrogen-bond donors (Lipinski definition) is 1. The van der Waals surface area contributed by atoms with Crippen LogP contribution in [0.1, 0.15) is 5.56 Å². The summed E-state index contributed by atoms with van der Waals surface area (Å²) in [6, 6.07) is 16.1. The summed E-state index contributed by atoms with van der Waals surface area (Å²) in [5.41, 5.74) is 1.51. The average molecular weight is 411 g/mol. The minimum atomic E-state index is -0.464. The third-order valence-corrected chi connectivity index (χ3v) is 4.81. The largest absolute Gasteiger partial charge is 0.497 e. The topological polar surface area (TPSA) is 88.2 Å². The summed E-state index contributed by atoms with van der Waals surface area (Å²) in [5.74, 6) is -0.0190. The first kappa shape index (κ1) is 21.2. The van der Waals surface area contributed by atoms with Crippen LogP contribution < -0.4 is 10.1 Å². The van der Waals surface area contributed by atoms with E-state index in [0.717, 1.165) is 11.3 Å². The van der Waals surface area contributed by atoms with E-state index in [9.17, 15) is 14.4 Å². The molecule has 1 aliphatic rings. The van der Waals surface area contributed by atoms with Crippen LogP contribution >= 0.6 is 0 Å². The van der Waals surface area contributed by atoms with Crippen molar-refractivity contribution in [3.63, 3.8) is 0 Å². The minimum Gasteiger partial charge on any atom is -0.497 e. The van der Waals surface area contributed by atoms with Crippen molar-refractivity contribution in [3.05, 3.63) is 60.2 Å². The molecule has 0 atom stereocenters. The number of carbonyl (C=O) groups excluding carboxylic acids is 3. The van der Waals surface area contributed by atoms with E-state index in [0.29, 0.717) is 31.9 Å². The van der Waals surface area contributed by atoms with Gasteiger partial charge in [-0.05, 0) is 29.8 Å². The van der Waals surface area contributed by atoms with Crippen molar-refractivity contribution in [2.75, 3.05) is 45.2 Å². The Morgan fingerprint density at radius 1 is 0.900 bits per heavy atom. The van der Waals surface area contributed by atoms with E-state index in [4.69, 9.17) is 9.47 Å². The van der Waals surface area contributed by atoms with Gasteiger partial charge in [0.05, 0.1) is 13.5 Å². The van der Waals surface area contributed by atoms with E-state index < -0.39 is 5.97 Å². The highest BCUT2D eigenvalue weighted by atomic mass is 16.5. The number of piperazine rings is 1. The van der Waals surface area contributed by atoms with Crippen LogP contribution in [0.5, 0.6) is 5.75 Å². The van der Waals surface area contributed by atoms with Crippen LogP contribution in [0.25, 0.3) is 0 Å². The molecule has 1 saturated heterocycles. The van der Waals surface area contributed by atoms with Gasteiger partial charge in [0, 0.05) is 31.9 Å². The number of methoxy groups -OCH3 is 1. The van der Waals surface area contributed by atoms with Gasteiger partial charge in [-0.1, -0.05) is 30.3 Å². The molecule has 0 bridgehead atoms. The molecule has 3 amide bonds. The summed E-state index contributed by atoms with van der Waals surface area (Å²) in [6.07, 6.45) is 0.0880. The standard InChI is InChI=1S/C22H25N3O5/c1-29-19-9-7-17(8-10-19)15-21(27)30-16-20(26)24-11-13-25(14-12-24)22(28)23-18-5-3-2-4-6-18/h2-10H,11-16H2,1H3,(H,23,28). The Morgan fingerprint density at radius 3 is 2.17 bits per heavy atom. The second-order valence-electron chi connectivity index (χ2n) is 6.85. The number of ether oxygens (including phenoxy) is 2. The normalized spacial score (nSPS) is 13.5. The van der Waals surface area contributed by atoms with Crippen LogP contribution in [0.3, 0.4) is 0 Å². The molecule has 0 spiro atoms. The van der Waals surface area contributed by atoms with Gasteiger partial charge in [0.15, 0.2) is 6.61 Å². The third-order valence-electron chi connectivity index (χ3n) is 4.81. The Kier molecular flexibility index (Phi) is 7.26. The first-order valence-corrected chi connectivity index (χ1v) is 9.72. The smallest absolute Gasteiger partial charge is 0.321 e. The fraction of sp³-hybridized carbons (Fsp3) is 0.318. The van der Waals surface area contributed by atoms with Crippen molar-refractivity contribution in [3.8, 4) is 5.75 Å². The number of esters is 1. The van der Waals surface area contributed by atoms with Crippen molar-refractivity contribution < 1.29 is 23.9 Å². The average Bonchev–Trinajstić information content (AvgIpc) is 2.78. The summed E-state index contributed by atoms with van der Waals surface area (Å²) < 4.78 is 10.2. The van der Waals surface area contributed by atoms with Crippen LogP contribution in [-0.4, -0.2) is 67.6 Å². The molecular formula is C22H25N3O5. The second kappa shape index (κ2) is 10.3. The molecule has 30 heavy (non-hydrogen) atoms. The predicted octanol–water partition coefficient (Wildman–Crippen LogP) is 2.16. The Balaban J connectivity index is 1.38. The molecule has 2 aromatic rings. The van der Waals surface area contributed by atoms with E-state index in [-0.39, 0.29) is 25.0 Å². The molecule has 0 unspecified atom stereocenters. The van der Waals surface area contributed by atoms with Crippen LogP contribution in [0.15, 0.2) is 54.6 Å². The zero-order valence-corrected chi connectivity index (χ0v) is 16.9. The fourth-order valence-corrected chi connectivity index (χ4v) is 3.08. The van der Waals surface area contributed by atoms with E-state index >= 15 is 0 Å². The van der Waals surface area contributed by atoms with Crippen LogP contribution in [0.4, 0.5) is 10.5 Å². The lowest BCUT2D eigenvalue weighted by molar-refractivity contribution is -0.152. The number of nitrogens with one attached hydrogen (secondary N) is 1. The Labute approximate surface area is 175 Å². The summed E-state index contributed by atoms with van der Waals surface area (Å²) in [4.78, 5) is 39.9. The molecule has 0 aromatic heterocycles. The molecule has 3 rings (SSSR count). The minimum absolute atomic E-state index is 0.0880. The Hall–Kier alpha value is -3.55. The quantitative estimate of drug-likeness (QED) is 0.736. The number of nitrogens with zero attached hydrogens (tertiary/aromatic N) is 2. The molecule has 8 heteroatoms. The number of para-hydroxylation sites is 1. The summed E-state index contributed by atoms with van der Waals surface area (Å²) in [7, 11) is 1.57. The Morgan fingerprint density at radius 2 is 1.53 bits per heavy atom. The van der Waals surface area contributed by atoms with Gasteiger partial charge in [-0.15, -0.1) is 0 Å². The van der Waals surface area contributed by atoms with E-state index in [1.165, 1.54) is 0 Å². The zero-order chi connectivity index (χ0) is 21.3. The predicted molar refractivity (Wildman–Crippen MR) is 111 cm³/mol. The van der Waals surface area contributed by atoms with Crippen molar-refractivity contribution >= 4 is 23.6 Å². The maximum atomic E-state index is 12.3. The summed E-state index contributed by atoms with van der Waals surface area (Å²) in [6.45, 7) is 1.34. The molecule has 0 aliphatic carbocycles. The zero-order valence-electron chi connectivity index (χ0n) is 16.9. The number of hydrogen-bond acceptors (Lipinski definition) is 5. The molecule has 1 N–H and O–H groups in total. The van der Waals surface area contributed by atoms with Crippen molar-refractivity contribution in [1.29, 1.82) is 0 Å². The molecule has 1 aliphatic heterocycles. The van der Waals surface area contributed by atoms with Gasteiger partial charge in [-0.3, -0.25) is 9.59 Å². The number of amides is 3. The summed E-state index contributed by atoms with van der Waals surface area (Å²) >= 11 is 0. The molecule has 2 aromatic carbocycles. The number of carbonyl (C=O) groups is 3. The molecule has 1 fully saturated rings. The van der Waals surface area contributed by atoms with E-state index in [1.807, 2.05) is 30.3 Å².